The maximum Gasteiger partial charge on any atom is 0.267 e. The van der Waals surface area contributed by atoms with Gasteiger partial charge in [0.25, 0.3) is 5.91 Å². The molecule has 0 bridgehead atoms. The number of nitrogens with two attached hydrogens (primary N) is 1. The topological polar surface area (TPSA) is 116 Å². The van der Waals surface area contributed by atoms with E-state index < -0.39 is 11.9 Å². The van der Waals surface area contributed by atoms with Crippen LogP contribution in [0.4, 0.5) is 5.69 Å². The van der Waals surface area contributed by atoms with Gasteiger partial charge in [0.15, 0.2) is 0 Å². The minimum atomic E-state index is -0.656. The van der Waals surface area contributed by atoms with Crippen LogP contribution < -0.4 is 16.5 Å². The molecule has 1 unspecified atom stereocenters. The Balaban J connectivity index is 2.01. The highest BCUT2D eigenvalue weighted by atomic mass is 16.2. The molecule has 3 rings (SSSR count). The number of rotatable bonds is 4. The van der Waals surface area contributed by atoms with Crippen molar-refractivity contribution in [2.24, 2.45) is 10.8 Å². The van der Waals surface area contributed by atoms with E-state index >= 15 is 0 Å². The minimum absolute atomic E-state index is 0.135. The summed E-state index contributed by atoms with van der Waals surface area (Å²) in [5.41, 5.74) is 7.28. The van der Waals surface area contributed by atoms with Crippen LogP contribution in [-0.2, 0) is 4.79 Å². The molecule has 2 amide bonds. The Morgan fingerprint density at radius 2 is 2.30 bits per heavy atom. The van der Waals surface area contributed by atoms with Crippen molar-refractivity contribution >= 4 is 47.5 Å². The number of nitrogens with one attached hydrogen (secondary N) is 2. The van der Waals surface area contributed by atoms with Crippen LogP contribution in [0.25, 0.3) is 11.0 Å². The van der Waals surface area contributed by atoms with Crippen LogP contribution in [0.5, 0.6) is 0 Å². The maximum absolute atomic E-state index is 12.5. The van der Waals surface area contributed by atoms with Crippen molar-refractivity contribution in [2.75, 3.05) is 12.4 Å². The summed E-state index contributed by atoms with van der Waals surface area (Å²) in [5, 5.41) is 9.06. The molecule has 0 saturated carbocycles. The largest absolute Gasteiger partial charge is 0.364 e. The molecule has 0 aromatic carbocycles. The van der Waals surface area contributed by atoms with Crippen LogP contribution in [0.2, 0.25) is 6.82 Å². The molecule has 1 atom stereocenters. The number of carbonyl (C=O) groups excluding carboxylic acids is 2. The summed E-state index contributed by atoms with van der Waals surface area (Å²) in [4.78, 5) is 31.3. The monoisotopic (exact) mass is 311 g/mol. The molecule has 0 spiro atoms. The fourth-order valence-corrected chi connectivity index (χ4v) is 2.55. The second-order valence-electron chi connectivity index (χ2n) is 5.31. The van der Waals surface area contributed by atoms with E-state index in [1.807, 2.05) is 20.2 Å². The number of fused-ring (bicyclic) bond motifs is 1. The van der Waals surface area contributed by atoms with Gasteiger partial charge in [0.1, 0.15) is 24.7 Å². The number of aromatic amines is 1. The molecule has 2 aromatic rings. The van der Waals surface area contributed by atoms with Gasteiger partial charge in [-0.25, -0.2) is 4.98 Å². The zero-order valence-electron chi connectivity index (χ0n) is 12.8. The highest BCUT2D eigenvalue weighted by Crippen LogP contribution is 2.26. The first kappa shape index (κ1) is 15.1. The third kappa shape index (κ3) is 2.65. The number of aromatic nitrogens is 2. The number of hydrogen-bond acceptors (Lipinski definition) is 5. The van der Waals surface area contributed by atoms with Gasteiger partial charge in [-0.15, -0.1) is 0 Å². The molecule has 9 heteroatoms. The molecular formula is C14H16BN6O2. The van der Waals surface area contributed by atoms with Crippen molar-refractivity contribution in [1.82, 2.24) is 15.0 Å². The normalized spacial score (nSPS) is 16.8. The first-order valence-corrected chi connectivity index (χ1v) is 7.18. The summed E-state index contributed by atoms with van der Waals surface area (Å²) in [7, 11) is 3.61. The minimum Gasteiger partial charge on any atom is -0.364 e. The number of H-pyrrole nitrogens is 1. The summed E-state index contributed by atoms with van der Waals surface area (Å²) in [6.07, 6.45) is 3.87. The van der Waals surface area contributed by atoms with Gasteiger partial charge in [-0.2, -0.15) is 5.10 Å². The number of likely N-dealkylation sites (N-methyl/N-ethyl adjacent to an activating group) is 1. The first-order chi connectivity index (χ1) is 11.0. The third-order valence-electron chi connectivity index (χ3n) is 3.85. The Morgan fingerprint density at radius 3 is 2.91 bits per heavy atom. The van der Waals surface area contributed by atoms with Crippen molar-refractivity contribution in [3.8, 4) is 0 Å². The van der Waals surface area contributed by atoms with Gasteiger partial charge in [0, 0.05) is 31.3 Å². The summed E-state index contributed by atoms with van der Waals surface area (Å²) in [6.45, 7) is 1.88. The van der Waals surface area contributed by atoms with Crippen LogP contribution in [0.15, 0.2) is 17.4 Å². The first-order valence-electron chi connectivity index (χ1n) is 7.18. The SMILES string of the molecule is C[B]c1cnc2[nH]c(C(N)=O)c(NC(=O)C3CC=NN3C)c2c1. The number of carbonyl (C=O) groups is 2. The Labute approximate surface area is 133 Å². The molecule has 0 fully saturated rings. The molecular weight excluding hydrogens is 295 g/mol. The molecule has 3 heterocycles. The van der Waals surface area contributed by atoms with Crippen molar-refractivity contribution in [3.63, 3.8) is 0 Å². The van der Waals surface area contributed by atoms with Gasteiger partial charge in [0.2, 0.25) is 5.91 Å². The summed E-state index contributed by atoms with van der Waals surface area (Å²) >= 11 is 0. The standard InChI is InChI=1S/C14H16BN6O2/c1-15-7-5-8-10(11(12(16)22)19-13(8)17-6-7)20-14(23)9-3-4-18-21(9)2/h4-6,9H,3H2,1-2H3,(H2,16,22)(H,17,19)(H,20,23). The number of hydrogen-bond donors (Lipinski definition) is 3. The number of anilines is 1. The van der Waals surface area contributed by atoms with E-state index in [0.717, 1.165) is 5.46 Å². The average Bonchev–Trinajstić information content (AvgIpc) is 3.11. The Kier molecular flexibility index (Phi) is 3.77. The van der Waals surface area contributed by atoms with Crippen LogP contribution in [-0.4, -0.2) is 53.4 Å². The Bertz CT molecular complexity index is 815. The highest BCUT2D eigenvalue weighted by Gasteiger charge is 2.27. The van der Waals surface area contributed by atoms with Gasteiger partial charge in [-0.1, -0.05) is 18.4 Å². The smallest absolute Gasteiger partial charge is 0.267 e. The molecule has 1 radical (unpaired) electrons. The molecule has 4 N–H and O–H groups in total. The zero-order chi connectivity index (χ0) is 16.6. The Morgan fingerprint density at radius 1 is 1.52 bits per heavy atom. The fourth-order valence-electron chi connectivity index (χ4n) is 2.55. The second kappa shape index (κ2) is 5.75. The maximum atomic E-state index is 12.5. The molecule has 1 aliphatic heterocycles. The molecule has 8 nitrogen and oxygen atoms in total. The van der Waals surface area contributed by atoms with E-state index in [0.29, 0.717) is 23.1 Å². The fraction of sp³-hybridized carbons (Fsp3) is 0.286. The van der Waals surface area contributed by atoms with Gasteiger partial charge < -0.3 is 16.0 Å². The number of pyridine rings is 1. The molecule has 0 aliphatic carbocycles. The summed E-state index contributed by atoms with van der Waals surface area (Å²) < 4.78 is 0. The van der Waals surface area contributed by atoms with Crippen molar-refractivity contribution in [3.05, 3.63) is 18.0 Å². The third-order valence-corrected chi connectivity index (χ3v) is 3.85. The Hall–Kier alpha value is -2.84. The van der Waals surface area contributed by atoms with Gasteiger partial charge in [0.05, 0.1) is 5.69 Å². The number of hydrazone groups is 1. The van der Waals surface area contributed by atoms with Crippen molar-refractivity contribution in [1.29, 1.82) is 0 Å². The molecule has 23 heavy (non-hydrogen) atoms. The van der Waals surface area contributed by atoms with Crippen LogP contribution in [0.3, 0.4) is 0 Å². The van der Waals surface area contributed by atoms with Crippen LogP contribution in [0.1, 0.15) is 16.9 Å². The lowest BCUT2D eigenvalue weighted by Crippen LogP contribution is -2.36. The lowest BCUT2D eigenvalue weighted by atomic mass is 9.74. The predicted octanol–water partition coefficient (Wildman–Crippen LogP) is -0.332. The van der Waals surface area contributed by atoms with E-state index in [4.69, 9.17) is 5.73 Å². The summed E-state index contributed by atoms with van der Waals surface area (Å²) in [6, 6.07) is 1.44. The molecule has 117 valence electrons. The van der Waals surface area contributed by atoms with Crippen molar-refractivity contribution < 1.29 is 9.59 Å². The van der Waals surface area contributed by atoms with Gasteiger partial charge >= 0.3 is 0 Å². The lowest BCUT2D eigenvalue weighted by Gasteiger charge is -2.18. The highest BCUT2D eigenvalue weighted by molar-refractivity contribution is 6.52. The number of primary amides is 1. The molecule has 0 saturated heterocycles. The number of amides is 2. The lowest BCUT2D eigenvalue weighted by molar-refractivity contribution is -0.120. The van der Waals surface area contributed by atoms with E-state index in [9.17, 15) is 9.59 Å². The van der Waals surface area contributed by atoms with Crippen molar-refractivity contribution in [2.45, 2.75) is 19.3 Å². The average molecular weight is 311 g/mol. The van der Waals surface area contributed by atoms with Crippen LogP contribution in [0, 0.1) is 0 Å². The van der Waals surface area contributed by atoms with Gasteiger partial charge in [-0.05, 0) is 0 Å². The van der Waals surface area contributed by atoms with E-state index in [2.05, 4.69) is 20.4 Å². The van der Waals surface area contributed by atoms with E-state index in [-0.39, 0.29) is 11.6 Å². The zero-order valence-corrected chi connectivity index (χ0v) is 12.8. The summed E-state index contributed by atoms with van der Waals surface area (Å²) in [5.74, 6) is -0.907. The number of nitrogens with zero attached hydrogens (tertiary/aromatic N) is 3. The predicted molar refractivity (Wildman–Crippen MR) is 89.2 cm³/mol. The van der Waals surface area contributed by atoms with E-state index in [1.54, 1.807) is 24.5 Å². The molecule has 1 aliphatic rings. The quantitative estimate of drug-likeness (QED) is 0.670. The van der Waals surface area contributed by atoms with Crippen LogP contribution >= 0.6 is 0 Å². The van der Waals surface area contributed by atoms with Gasteiger partial charge in [-0.3, -0.25) is 14.6 Å². The second-order valence-corrected chi connectivity index (χ2v) is 5.31. The molecule has 2 aromatic heterocycles. The van der Waals surface area contributed by atoms with E-state index in [1.165, 1.54) is 0 Å².